The van der Waals surface area contributed by atoms with E-state index in [-0.39, 0.29) is 0 Å². The van der Waals surface area contributed by atoms with Gasteiger partial charge >= 0.3 is 18.5 Å². The third kappa shape index (κ3) is 15.8. The fourth-order valence-electron chi connectivity index (χ4n) is 1.55. The Kier molecular flexibility index (Phi) is 9.87. The Morgan fingerprint density at radius 3 is 0.844 bits per heavy atom. The Morgan fingerprint density at radius 2 is 0.688 bits per heavy atom. The first-order chi connectivity index (χ1) is 13.7. The van der Waals surface area contributed by atoms with Crippen LogP contribution in [-0.4, -0.2) is 80.9 Å². The van der Waals surface area contributed by atoms with E-state index in [0.29, 0.717) is 6.92 Å². The SMILES string of the molecule is CC(COS(=O)(=O)CC(F)(F)F)(COS(=O)(=O)CC(F)(F)F)COS(=O)(=O)CC(F)(F)F. The summed E-state index contributed by atoms with van der Waals surface area (Å²) in [6, 6.07) is 0. The average molecular weight is 558 g/mol. The van der Waals surface area contributed by atoms with Crippen molar-refractivity contribution in [2.75, 3.05) is 37.1 Å². The molecule has 0 unspecified atom stereocenters. The quantitative estimate of drug-likeness (QED) is 0.260. The molecular formula is C11H15F9O9S3. The number of hydrogen-bond donors (Lipinski definition) is 0. The van der Waals surface area contributed by atoms with Crippen LogP contribution in [0.4, 0.5) is 39.5 Å². The molecule has 32 heavy (non-hydrogen) atoms. The van der Waals surface area contributed by atoms with Gasteiger partial charge in [0.15, 0.2) is 17.3 Å². The standard InChI is InChI=1S/C11H15F9O9S3/c1-8(2-27-30(21,22)5-9(12,13)14,3-28-31(23,24)6-10(15,16)17)4-29-32(25,26)7-11(18,19)20/h2-7H2,1H3. The molecule has 194 valence electrons. The molecule has 0 bridgehead atoms. The van der Waals surface area contributed by atoms with E-state index < -0.39 is 91.4 Å². The predicted octanol–water partition coefficient (Wildman–Crippen LogP) is 1.72. The number of hydrogen-bond acceptors (Lipinski definition) is 9. The Morgan fingerprint density at radius 1 is 0.500 bits per heavy atom. The van der Waals surface area contributed by atoms with Crippen LogP contribution >= 0.6 is 0 Å². The van der Waals surface area contributed by atoms with Gasteiger partial charge in [-0.2, -0.15) is 64.8 Å². The molecule has 9 nitrogen and oxygen atoms in total. The van der Waals surface area contributed by atoms with Crippen molar-refractivity contribution in [1.82, 2.24) is 0 Å². The van der Waals surface area contributed by atoms with E-state index in [1.54, 1.807) is 0 Å². The molecule has 0 amide bonds. The number of rotatable bonds is 12. The molecule has 0 saturated carbocycles. The lowest BCUT2D eigenvalue weighted by Gasteiger charge is -2.28. The summed E-state index contributed by atoms with van der Waals surface area (Å²) in [4.78, 5) is 0. The van der Waals surface area contributed by atoms with Crippen molar-refractivity contribution >= 4 is 30.4 Å². The van der Waals surface area contributed by atoms with Crippen molar-refractivity contribution in [1.29, 1.82) is 0 Å². The van der Waals surface area contributed by atoms with Crippen molar-refractivity contribution in [3.63, 3.8) is 0 Å². The van der Waals surface area contributed by atoms with Gasteiger partial charge in [0.2, 0.25) is 0 Å². The minimum Gasteiger partial charge on any atom is -0.269 e. The van der Waals surface area contributed by atoms with Gasteiger partial charge in [0.05, 0.1) is 19.8 Å². The number of alkyl halides is 9. The largest absolute Gasteiger partial charge is 0.405 e. The molecule has 0 aromatic carbocycles. The van der Waals surface area contributed by atoms with E-state index in [2.05, 4.69) is 12.5 Å². The van der Waals surface area contributed by atoms with Crippen LogP contribution in [0.2, 0.25) is 0 Å². The monoisotopic (exact) mass is 558 g/mol. The molecule has 0 atom stereocenters. The lowest BCUT2D eigenvalue weighted by molar-refractivity contribution is -0.108. The first-order valence-corrected chi connectivity index (χ1v) is 12.3. The summed E-state index contributed by atoms with van der Waals surface area (Å²) in [6.45, 7) is -4.07. The minimum absolute atomic E-state index is 0.613. The molecular weight excluding hydrogens is 543 g/mol. The molecule has 21 heteroatoms. The molecule has 0 aliphatic heterocycles. The van der Waals surface area contributed by atoms with Crippen LogP contribution in [0.15, 0.2) is 0 Å². The smallest absolute Gasteiger partial charge is 0.269 e. The lowest BCUT2D eigenvalue weighted by Crippen LogP contribution is -2.39. The molecule has 0 rings (SSSR count). The Balaban J connectivity index is 5.58. The third-order valence-corrected chi connectivity index (χ3v) is 6.26. The zero-order valence-electron chi connectivity index (χ0n) is 15.5. The van der Waals surface area contributed by atoms with E-state index in [1.165, 1.54) is 0 Å². The van der Waals surface area contributed by atoms with Gasteiger partial charge in [-0.3, -0.25) is 12.5 Å². The van der Waals surface area contributed by atoms with Gasteiger partial charge in [-0.1, -0.05) is 6.92 Å². The second-order valence-electron chi connectivity index (χ2n) is 6.55. The second kappa shape index (κ2) is 10.2. The molecule has 0 spiro atoms. The van der Waals surface area contributed by atoms with Gasteiger partial charge in [-0.05, 0) is 0 Å². The van der Waals surface area contributed by atoms with Crippen LogP contribution in [-0.2, 0) is 42.9 Å². The van der Waals surface area contributed by atoms with Crippen molar-refractivity contribution < 1.29 is 77.3 Å². The maximum Gasteiger partial charge on any atom is 0.405 e. The third-order valence-electron chi connectivity index (χ3n) is 2.78. The molecule has 0 radical (unpaired) electrons. The van der Waals surface area contributed by atoms with Crippen molar-refractivity contribution in [2.45, 2.75) is 25.5 Å². The van der Waals surface area contributed by atoms with Gasteiger partial charge < -0.3 is 0 Å². The van der Waals surface area contributed by atoms with Crippen molar-refractivity contribution in [2.24, 2.45) is 5.41 Å². The zero-order valence-corrected chi connectivity index (χ0v) is 18.0. The maximum atomic E-state index is 12.2. The van der Waals surface area contributed by atoms with Crippen molar-refractivity contribution in [3.8, 4) is 0 Å². The van der Waals surface area contributed by atoms with Gasteiger partial charge in [-0.25, -0.2) is 0 Å². The molecule has 0 saturated heterocycles. The molecule has 0 aliphatic rings. The highest BCUT2D eigenvalue weighted by atomic mass is 32.2. The van der Waals surface area contributed by atoms with Crippen molar-refractivity contribution in [3.05, 3.63) is 0 Å². The van der Waals surface area contributed by atoms with Gasteiger partial charge in [-0.15, -0.1) is 0 Å². The highest BCUT2D eigenvalue weighted by Gasteiger charge is 2.42. The number of halogens is 9. The predicted molar refractivity (Wildman–Crippen MR) is 85.5 cm³/mol. The fraction of sp³-hybridized carbons (Fsp3) is 1.00. The first-order valence-electron chi connectivity index (χ1n) is 7.55. The lowest BCUT2D eigenvalue weighted by atomic mass is 9.95. The topological polar surface area (TPSA) is 130 Å². The molecule has 0 N–H and O–H groups in total. The molecule has 0 heterocycles. The molecule has 0 aromatic rings. The summed E-state index contributed by atoms with van der Waals surface area (Å²) >= 11 is 0. The van der Waals surface area contributed by atoms with Crippen LogP contribution in [0.5, 0.6) is 0 Å². The van der Waals surface area contributed by atoms with Crippen LogP contribution in [0.3, 0.4) is 0 Å². The Labute approximate surface area is 176 Å². The maximum absolute atomic E-state index is 12.2. The summed E-state index contributed by atoms with van der Waals surface area (Å²) in [5.41, 5.74) is -2.46. The van der Waals surface area contributed by atoms with E-state index in [1.807, 2.05) is 0 Å². The van der Waals surface area contributed by atoms with E-state index in [4.69, 9.17) is 0 Å². The normalized spacial score (nSPS) is 15.2. The summed E-state index contributed by atoms with van der Waals surface area (Å²) in [7, 11) is -16.3. The minimum atomic E-state index is -5.43. The van der Waals surface area contributed by atoms with E-state index >= 15 is 0 Å². The summed E-state index contributed by atoms with van der Waals surface area (Å²) in [5.74, 6) is -7.68. The summed E-state index contributed by atoms with van der Waals surface area (Å²) in [5, 5.41) is 0. The van der Waals surface area contributed by atoms with E-state index in [9.17, 15) is 64.8 Å². The first kappa shape index (κ1) is 31.1. The zero-order chi connectivity index (χ0) is 25.9. The summed E-state index contributed by atoms with van der Waals surface area (Å²) < 4.78 is 190. The highest BCUT2D eigenvalue weighted by Crippen LogP contribution is 2.27. The highest BCUT2D eigenvalue weighted by molar-refractivity contribution is 7.87. The molecule has 0 aromatic heterocycles. The Hall–Kier alpha value is -0.900. The average Bonchev–Trinajstić information content (AvgIpc) is 2.43. The second-order valence-corrected chi connectivity index (χ2v) is 11.5. The fourth-order valence-corrected chi connectivity index (χ4v) is 4.39. The van der Waals surface area contributed by atoms with Gasteiger partial charge in [0.25, 0.3) is 30.4 Å². The van der Waals surface area contributed by atoms with Crippen LogP contribution in [0, 0.1) is 5.41 Å². The molecule has 0 fully saturated rings. The van der Waals surface area contributed by atoms with Gasteiger partial charge in [0, 0.05) is 5.41 Å². The molecule has 0 aliphatic carbocycles. The van der Waals surface area contributed by atoms with Crippen LogP contribution in [0.25, 0.3) is 0 Å². The Bertz CT molecular complexity index is 810. The van der Waals surface area contributed by atoms with Gasteiger partial charge in [0.1, 0.15) is 0 Å². The summed E-state index contributed by atoms with van der Waals surface area (Å²) in [6.07, 6.45) is -15.9. The van der Waals surface area contributed by atoms with Crippen LogP contribution in [0.1, 0.15) is 6.92 Å². The van der Waals surface area contributed by atoms with Crippen LogP contribution < -0.4 is 0 Å². The van der Waals surface area contributed by atoms with E-state index in [0.717, 1.165) is 0 Å².